The van der Waals surface area contributed by atoms with E-state index in [1.54, 1.807) is 29.7 Å². The van der Waals surface area contributed by atoms with Crippen LogP contribution in [0.25, 0.3) is 4.96 Å². The molecule has 0 aliphatic heterocycles. The predicted molar refractivity (Wildman–Crippen MR) is 89.3 cm³/mol. The Labute approximate surface area is 131 Å². The van der Waals surface area contributed by atoms with E-state index in [2.05, 4.69) is 38.1 Å². The second kappa shape index (κ2) is 6.73. The van der Waals surface area contributed by atoms with Crippen LogP contribution in [0.4, 0.5) is 0 Å². The minimum Gasteiger partial charge on any atom is -0.356 e. The average molecular weight is 319 g/mol. The van der Waals surface area contributed by atoms with Crippen LogP contribution < -0.4 is 10.6 Å². The molecule has 2 N–H and O–H groups in total. The van der Waals surface area contributed by atoms with Gasteiger partial charge in [0, 0.05) is 36.2 Å². The molecule has 0 aromatic carbocycles. The van der Waals surface area contributed by atoms with Gasteiger partial charge in [0.2, 0.25) is 0 Å². The van der Waals surface area contributed by atoms with Gasteiger partial charge in [-0.05, 0) is 17.9 Å². The Morgan fingerprint density at radius 2 is 2.29 bits per heavy atom. The highest BCUT2D eigenvalue weighted by molar-refractivity contribution is 7.15. The molecule has 0 fully saturated rings. The van der Waals surface area contributed by atoms with Crippen LogP contribution >= 0.6 is 22.7 Å². The number of rotatable bonds is 5. The number of aliphatic imine (C=N–C) groups is 1. The molecule has 5 nitrogen and oxygen atoms in total. The van der Waals surface area contributed by atoms with Crippen molar-refractivity contribution in [2.24, 2.45) is 4.99 Å². The molecule has 21 heavy (non-hydrogen) atoms. The first-order chi connectivity index (χ1) is 10.3. The second-order valence-corrected chi connectivity index (χ2v) is 6.41. The lowest BCUT2D eigenvalue weighted by Gasteiger charge is -2.10. The molecular formula is C14H17N5S2. The predicted octanol–water partition coefficient (Wildman–Crippen LogP) is 2.37. The zero-order valence-corrected chi connectivity index (χ0v) is 13.4. The molecule has 0 atom stereocenters. The van der Waals surface area contributed by atoms with E-state index < -0.39 is 0 Å². The first-order valence-electron chi connectivity index (χ1n) is 6.73. The Morgan fingerprint density at radius 3 is 3.05 bits per heavy atom. The van der Waals surface area contributed by atoms with Gasteiger partial charge < -0.3 is 10.6 Å². The van der Waals surface area contributed by atoms with Crippen molar-refractivity contribution in [3.63, 3.8) is 0 Å². The van der Waals surface area contributed by atoms with Gasteiger partial charge >= 0.3 is 0 Å². The van der Waals surface area contributed by atoms with Crippen molar-refractivity contribution in [3.05, 3.63) is 45.9 Å². The second-order valence-electron chi connectivity index (χ2n) is 4.51. The molecule has 0 spiro atoms. The molecule has 3 aromatic heterocycles. The summed E-state index contributed by atoms with van der Waals surface area (Å²) in [7, 11) is 1.78. The van der Waals surface area contributed by atoms with Gasteiger partial charge in [0.05, 0.1) is 12.2 Å². The maximum absolute atomic E-state index is 4.54. The van der Waals surface area contributed by atoms with Crippen molar-refractivity contribution >= 4 is 33.6 Å². The number of hydrogen-bond donors (Lipinski definition) is 2. The number of aromatic nitrogens is 2. The number of nitrogens with zero attached hydrogens (tertiary/aromatic N) is 3. The van der Waals surface area contributed by atoms with E-state index in [1.807, 2.05) is 22.2 Å². The number of nitrogens with one attached hydrogen (secondary N) is 2. The molecule has 3 heterocycles. The van der Waals surface area contributed by atoms with Crippen LogP contribution in [0.2, 0.25) is 0 Å². The smallest absolute Gasteiger partial charge is 0.193 e. The fourth-order valence-corrected chi connectivity index (χ4v) is 3.44. The van der Waals surface area contributed by atoms with Gasteiger partial charge in [-0.3, -0.25) is 9.39 Å². The van der Waals surface area contributed by atoms with Crippen LogP contribution in [0.3, 0.4) is 0 Å². The van der Waals surface area contributed by atoms with Crippen molar-refractivity contribution in [2.45, 2.75) is 13.0 Å². The minimum absolute atomic E-state index is 0.674. The third kappa shape index (κ3) is 3.62. The summed E-state index contributed by atoms with van der Waals surface area (Å²) < 4.78 is 2.04. The summed E-state index contributed by atoms with van der Waals surface area (Å²) >= 11 is 3.42. The molecule has 0 unspecified atom stereocenters. The fraction of sp³-hybridized carbons (Fsp3) is 0.286. The SMILES string of the molecule is CN=C(NCCc1cccs1)NCc1cn2ccsc2n1. The Balaban J connectivity index is 1.47. The average Bonchev–Trinajstić information content (AvgIpc) is 3.18. The van der Waals surface area contributed by atoms with Gasteiger partial charge in [-0.15, -0.1) is 22.7 Å². The Bertz CT molecular complexity index is 682. The van der Waals surface area contributed by atoms with Crippen molar-refractivity contribution in [2.75, 3.05) is 13.6 Å². The molecule has 0 bridgehead atoms. The quantitative estimate of drug-likeness (QED) is 0.561. The van der Waals surface area contributed by atoms with Crippen LogP contribution in [0.15, 0.2) is 40.3 Å². The lowest BCUT2D eigenvalue weighted by Crippen LogP contribution is -2.37. The van der Waals surface area contributed by atoms with Crippen LogP contribution in [0.1, 0.15) is 10.6 Å². The molecule has 3 aromatic rings. The van der Waals surface area contributed by atoms with E-state index in [0.29, 0.717) is 6.54 Å². The molecule has 110 valence electrons. The minimum atomic E-state index is 0.674. The highest BCUT2D eigenvalue weighted by Gasteiger charge is 2.04. The van der Waals surface area contributed by atoms with Gasteiger partial charge in [-0.2, -0.15) is 0 Å². The largest absolute Gasteiger partial charge is 0.356 e. The van der Waals surface area contributed by atoms with E-state index in [4.69, 9.17) is 0 Å². The molecule has 0 amide bonds. The number of imidazole rings is 1. The van der Waals surface area contributed by atoms with Gasteiger partial charge in [0.15, 0.2) is 10.9 Å². The Kier molecular flexibility index (Phi) is 4.52. The van der Waals surface area contributed by atoms with E-state index in [0.717, 1.165) is 29.6 Å². The van der Waals surface area contributed by atoms with Crippen molar-refractivity contribution in [1.29, 1.82) is 0 Å². The third-order valence-corrected chi connectivity index (χ3v) is 4.75. The fourth-order valence-electron chi connectivity index (χ4n) is 2.02. The summed E-state index contributed by atoms with van der Waals surface area (Å²) in [5.41, 5.74) is 1.02. The third-order valence-electron chi connectivity index (χ3n) is 3.05. The molecule has 0 radical (unpaired) electrons. The number of thiophene rings is 1. The van der Waals surface area contributed by atoms with Crippen LogP contribution in [0, 0.1) is 0 Å². The van der Waals surface area contributed by atoms with E-state index >= 15 is 0 Å². The molecule has 0 saturated carbocycles. The van der Waals surface area contributed by atoms with Gasteiger partial charge in [0.25, 0.3) is 0 Å². The first kappa shape index (κ1) is 14.1. The van der Waals surface area contributed by atoms with Crippen LogP contribution in [0.5, 0.6) is 0 Å². The topological polar surface area (TPSA) is 53.7 Å². The first-order valence-corrected chi connectivity index (χ1v) is 8.49. The van der Waals surface area contributed by atoms with Crippen molar-refractivity contribution in [1.82, 2.24) is 20.0 Å². The maximum atomic E-state index is 4.54. The zero-order chi connectivity index (χ0) is 14.5. The summed E-state index contributed by atoms with van der Waals surface area (Å²) in [4.78, 5) is 11.2. The monoisotopic (exact) mass is 319 g/mol. The molecule has 0 saturated heterocycles. The van der Waals surface area contributed by atoms with Crippen LogP contribution in [-0.2, 0) is 13.0 Å². The summed E-state index contributed by atoms with van der Waals surface area (Å²) in [6.07, 6.45) is 5.07. The number of hydrogen-bond acceptors (Lipinski definition) is 4. The summed E-state index contributed by atoms with van der Waals surface area (Å²) in [6, 6.07) is 4.23. The standard InChI is InChI=1S/C14H17N5S2/c1-15-13(16-5-4-12-3-2-7-20-12)17-9-11-10-19-6-8-21-14(19)18-11/h2-3,6-8,10H,4-5,9H2,1H3,(H2,15,16,17). The maximum Gasteiger partial charge on any atom is 0.193 e. The van der Waals surface area contributed by atoms with Crippen LogP contribution in [-0.4, -0.2) is 28.9 Å². The Hall–Kier alpha value is -1.86. The van der Waals surface area contributed by atoms with Crippen molar-refractivity contribution in [3.8, 4) is 0 Å². The number of thiazole rings is 1. The highest BCUT2D eigenvalue weighted by atomic mass is 32.1. The summed E-state index contributed by atoms with van der Waals surface area (Å²) in [5.74, 6) is 0.808. The highest BCUT2D eigenvalue weighted by Crippen LogP contribution is 2.11. The lowest BCUT2D eigenvalue weighted by molar-refractivity contribution is 0.790. The summed E-state index contributed by atoms with van der Waals surface area (Å²) in [5, 5.41) is 10.7. The number of fused-ring (bicyclic) bond motifs is 1. The normalized spacial score (nSPS) is 12.0. The van der Waals surface area contributed by atoms with E-state index in [9.17, 15) is 0 Å². The van der Waals surface area contributed by atoms with Gasteiger partial charge in [0.1, 0.15) is 0 Å². The molecule has 3 rings (SSSR count). The molecule has 0 aliphatic carbocycles. The zero-order valence-electron chi connectivity index (χ0n) is 11.7. The molecule has 7 heteroatoms. The van der Waals surface area contributed by atoms with Gasteiger partial charge in [-0.25, -0.2) is 4.98 Å². The van der Waals surface area contributed by atoms with E-state index in [-0.39, 0.29) is 0 Å². The van der Waals surface area contributed by atoms with Gasteiger partial charge in [-0.1, -0.05) is 6.07 Å². The number of guanidine groups is 1. The molecular weight excluding hydrogens is 302 g/mol. The lowest BCUT2D eigenvalue weighted by atomic mass is 10.3. The summed E-state index contributed by atoms with van der Waals surface area (Å²) in [6.45, 7) is 1.55. The van der Waals surface area contributed by atoms with E-state index in [1.165, 1.54) is 4.88 Å². The molecule has 0 aliphatic rings. The Morgan fingerprint density at radius 1 is 1.33 bits per heavy atom. The van der Waals surface area contributed by atoms with Crippen molar-refractivity contribution < 1.29 is 0 Å².